The Kier molecular flexibility index (Phi) is 3.92. The minimum Gasteiger partial charge on any atom is -0.495 e. The highest BCUT2D eigenvalue weighted by molar-refractivity contribution is 6.02. The lowest BCUT2D eigenvalue weighted by molar-refractivity contribution is 0.0997. The van der Waals surface area contributed by atoms with Crippen molar-refractivity contribution >= 4 is 17.1 Å². The van der Waals surface area contributed by atoms with Crippen LogP contribution in [0, 0.1) is 0 Å². The van der Waals surface area contributed by atoms with Gasteiger partial charge in [-0.3, -0.25) is 4.79 Å². The lowest BCUT2D eigenvalue weighted by Crippen LogP contribution is -2.16. The fourth-order valence-corrected chi connectivity index (χ4v) is 2.92. The Morgan fingerprint density at radius 3 is 2.48 bits per heavy atom. The first kappa shape index (κ1) is 16.5. The smallest absolute Gasteiger partial charge is 0.332 e. The lowest BCUT2D eigenvalue weighted by Gasteiger charge is -2.09. The highest BCUT2D eigenvalue weighted by Crippen LogP contribution is 2.26. The Morgan fingerprint density at radius 2 is 1.78 bits per heavy atom. The third kappa shape index (κ3) is 2.73. The van der Waals surface area contributed by atoms with Crippen LogP contribution in [0.5, 0.6) is 5.75 Å². The van der Waals surface area contributed by atoms with E-state index in [9.17, 15) is 9.59 Å². The highest BCUT2D eigenvalue weighted by atomic mass is 16.5. The van der Waals surface area contributed by atoms with Gasteiger partial charge < -0.3 is 15.5 Å². The number of hydrogen-bond donors (Lipinski definition) is 2. The van der Waals surface area contributed by atoms with E-state index >= 15 is 0 Å². The lowest BCUT2D eigenvalue weighted by atomic mass is 10.2. The van der Waals surface area contributed by atoms with Crippen molar-refractivity contribution in [1.82, 2.24) is 19.5 Å². The van der Waals surface area contributed by atoms with E-state index in [2.05, 4.69) is 15.0 Å². The summed E-state index contributed by atoms with van der Waals surface area (Å²) in [4.78, 5) is 36.0. The second kappa shape index (κ2) is 6.41. The van der Waals surface area contributed by atoms with Crippen LogP contribution in [0.25, 0.3) is 28.2 Å². The van der Waals surface area contributed by atoms with Crippen LogP contribution in [0.2, 0.25) is 0 Å². The largest absolute Gasteiger partial charge is 0.495 e. The van der Waals surface area contributed by atoms with E-state index in [1.54, 1.807) is 24.3 Å². The molecule has 2 aromatic carbocycles. The minimum absolute atomic E-state index is 0.0513. The van der Waals surface area contributed by atoms with Gasteiger partial charge in [0.05, 0.1) is 12.8 Å². The Balaban J connectivity index is 2.10. The van der Waals surface area contributed by atoms with E-state index in [1.165, 1.54) is 11.7 Å². The molecule has 3 N–H and O–H groups in total. The molecule has 0 atom stereocenters. The van der Waals surface area contributed by atoms with Gasteiger partial charge in [0.2, 0.25) is 0 Å². The topological polar surface area (TPSA) is 116 Å². The molecule has 0 bridgehead atoms. The van der Waals surface area contributed by atoms with Crippen molar-refractivity contribution in [3.8, 4) is 22.8 Å². The summed E-state index contributed by atoms with van der Waals surface area (Å²) in [6.45, 7) is 0. The number of H-pyrrole nitrogens is 1. The first-order chi connectivity index (χ1) is 13.1. The normalized spacial score (nSPS) is 10.9. The van der Waals surface area contributed by atoms with Crippen LogP contribution < -0.4 is 16.2 Å². The van der Waals surface area contributed by atoms with Crippen molar-refractivity contribution in [3.05, 3.63) is 70.8 Å². The summed E-state index contributed by atoms with van der Waals surface area (Å²) in [5.74, 6) is 0.0218. The summed E-state index contributed by atoms with van der Waals surface area (Å²) < 4.78 is 6.70. The molecule has 0 aliphatic rings. The molecule has 0 aliphatic heterocycles. The number of carbonyl (C=O) groups is 1. The summed E-state index contributed by atoms with van der Waals surface area (Å²) in [5, 5.41) is 0. The van der Waals surface area contributed by atoms with Gasteiger partial charge >= 0.3 is 5.69 Å². The summed E-state index contributed by atoms with van der Waals surface area (Å²) in [6.07, 6.45) is 0. The Labute approximate surface area is 153 Å². The van der Waals surface area contributed by atoms with E-state index < -0.39 is 11.6 Å². The van der Waals surface area contributed by atoms with Gasteiger partial charge in [0.15, 0.2) is 17.2 Å². The van der Waals surface area contributed by atoms with E-state index in [-0.39, 0.29) is 16.9 Å². The standard InChI is InChI=1S/C19H15N5O3/c1-27-13-10-6-5-9-12(13)24-18-15(22-19(24)26)14(16(20)25)21-17(23-18)11-7-3-2-4-8-11/h2-10H,1H3,(H2,20,25)(H,22,26). The summed E-state index contributed by atoms with van der Waals surface area (Å²) in [6, 6.07) is 16.2. The van der Waals surface area contributed by atoms with Crippen LogP contribution in [0.15, 0.2) is 59.4 Å². The van der Waals surface area contributed by atoms with Gasteiger partial charge in [-0.15, -0.1) is 0 Å². The Bertz CT molecular complexity index is 1210. The SMILES string of the molecule is COc1ccccc1-n1c(=O)[nH]c2c(C(N)=O)nc(-c3ccccc3)nc21. The molecule has 1 amide bonds. The summed E-state index contributed by atoms with van der Waals surface area (Å²) >= 11 is 0. The quantitative estimate of drug-likeness (QED) is 0.576. The number of hydrogen-bond acceptors (Lipinski definition) is 5. The summed E-state index contributed by atoms with van der Waals surface area (Å²) in [5.41, 5.74) is 6.58. The fraction of sp³-hybridized carbons (Fsp3) is 0.0526. The van der Waals surface area contributed by atoms with Gasteiger partial charge in [-0.2, -0.15) is 0 Å². The van der Waals surface area contributed by atoms with Crippen LogP contribution in [-0.4, -0.2) is 32.5 Å². The average Bonchev–Trinajstić information content (AvgIpc) is 3.03. The first-order valence-corrected chi connectivity index (χ1v) is 8.11. The second-order valence-corrected chi connectivity index (χ2v) is 5.76. The van der Waals surface area contributed by atoms with Crippen molar-refractivity contribution < 1.29 is 9.53 Å². The molecule has 4 rings (SSSR count). The number of fused-ring (bicyclic) bond motifs is 1. The molecule has 0 fully saturated rings. The van der Waals surface area contributed by atoms with Gasteiger partial charge in [-0.1, -0.05) is 42.5 Å². The maximum atomic E-state index is 12.7. The maximum absolute atomic E-state index is 12.7. The molecule has 0 radical (unpaired) electrons. The number of primary amides is 1. The van der Waals surface area contributed by atoms with Crippen LogP contribution >= 0.6 is 0 Å². The molecule has 2 heterocycles. The molecule has 0 aliphatic carbocycles. The number of methoxy groups -OCH3 is 1. The molecule has 4 aromatic rings. The maximum Gasteiger partial charge on any atom is 0.332 e. The number of rotatable bonds is 4. The third-order valence-electron chi connectivity index (χ3n) is 4.13. The van der Waals surface area contributed by atoms with Gasteiger partial charge in [-0.25, -0.2) is 19.3 Å². The number of amides is 1. The number of para-hydroxylation sites is 2. The third-order valence-corrected chi connectivity index (χ3v) is 4.13. The molecule has 0 spiro atoms. The number of carbonyl (C=O) groups excluding carboxylic acids is 1. The molecular formula is C19H15N5O3. The number of aromatic amines is 1. The molecule has 0 saturated heterocycles. The number of nitrogens with two attached hydrogens (primary N) is 1. The fourth-order valence-electron chi connectivity index (χ4n) is 2.92. The van der Waals surface area contributed by atoms with Crippen molar-refractivity contribution in [2.75, 3.05) is 7.11 Å². The van der Waals surface area contributed by atoms with Crippen molar-refractivity contribution in [1.29, 1.82) is 0 Å². The monoisotopic (exact) mass is 361 g/mol. The molecule has 27 heavy (non-hydrogen) atoms. The Hall–Kier alpha value is -3.94. The predicted octanol–water partition coefficient (Wildman–Crippen LogP) is 1.88. The molecule has 0 unspecified atom stereocenters. The highest BCUT2D eigenvalue weighted by Gasteiger charge is 2.21. The van der Waals surface area contributed by atoms with Crippen LogP contribution in [-0.2, 0) is 0 Å². The van der Waals surface area contributed by atoms with Crippen LogP contribution in [0.3, 0.4) is 0 Å². The van der Waals surface area contributed by atoms with Crippen molar-refractivity contribution in [3.63, 3.8) is 0 Å². The van der Waals surface area contributed by atoms with Crippen LogP contribution in [0.4, 0.5) is 0 Å². The van der Waals surface area contributed by atoms with Crippen LogP contribution in [0.1, 0.15) is 10.5 Å². The van der Waals surface area contributed by atoms with Gasteiger partial charge in [0, 0.05) is 5.56 Å². The predicted molar refractivity (Wildman–Crippen MR) is 100.0 cm³/mol. The first-order valence-electron chi connectivity index (χ1n) is 8.11. The molecule has 8 nitrogen and oxygen atoms in total. The number of nitrogens with zero attached hydrogens (tertiary/aromatic N) is 3. The van der Waals surface area contributed by atoms with E-state index in [1.807, 2.05) is 30.3 Å². The molecule has 0 saturated carbocycles. The minimum atomic E-state index is -0.756. The number of imidazole rings is 1. The van der Waals surface area contributed by atoms with Gasteiger partial charge in [0.25, 0.3) is 5.91 Å². The zero-order chi connectivity index (χ0) is 19.0. The zero-order valence-corrected chi connectivity index (χ0v) is 14.3. The second-order valence-electron chi connectivity index (χ2n) is 5.76. The molecule has 134 valence electrons. The van der Waals surface area contributed by atoms with E-state index in [4.69, 9.17) is 10.5 Å². The van der Waals surface area contributed by atoms with Crippen molar-refractivity contribution in [2.24, 2.45) is 5.73 Å². The zero-order valence-electron chi connectivity index (χ0n) is 14.3. The number of ether oxygens (including phenoxy) is 1. The molecular weight excluding hydrogens is 346 g/mol. The average molecular weight is 361 g/mol. The van der Waals surface area contributed by atoms with E-state index in [0.717, 1.165) is 0 Å². The summed E-state index contributed by atoms with van der Waals surface area (Å²) in [7, 11) is 1.51. The number of benzene rings is 2. The van der Waals surface area contributed by atoms with Gasteiger partial charge in [0.1, 0.15) is 11.3 Å². The Morgan fingerprint density at radius 1 is 1.07 bits per heavy atom. The molecule has 8 heteroatoms. The van der Waals surface area contributed by atoms with Gasteiger partial charge in [-0.05, 0) is 12.1 Å². The number of aromatic nitrogens is 4. The van der Waals surface area contributed by atoms with Crippen molar-refractivity contribution in [2.45, 2.75) is 0 Å². The molecule has 2 aromatic heterocycles. The number of nitrogens with one attached hydrogen (secondary N) is 1. The van der Waals surface area contributed by atoms with E-state index in [0.29, 0.717) is 22.8 Å².